The minimum Gasteiger partial charge on any atom is -0.478 e. The van der Waals surface area contributed by atoms with E-state index < -0.39 is 128 Å². The van der Waals surface area contributed by atoms with E-state index in [9.17, 15) is 63.3 Å². The van der Waals surface area contributed by atoms with Crippen LogP contribution in [0.25, 0.3) is 0 Å². The maximum Gasteiger partial charge on any atom is 0.358 e. The highest BCUT2D eigenvalue weighted by atomic mass is 31.2. The average molecular weight is 1430 g/mol. The second-order valence-electron chi connectivity index (χ2n) is 26.8. The Labute approximate surface area is 598 Å². The molecule has 4 N–H and O–H groups in total. The average Bonchev–Trinajstić information content (AvgIpc) is 0.709. The summed E-state index contributed by atoms with van der Waals surface area (Å²) < 4.78 is 22.2. The molecule has 0 aliphatic carbocycles. The Morgan fingerprint density at radius 1 is 0.417 bits per heavy atom. The molecule has 2 heterocycles. The molecule has 6 atom stereocenters. The van der Waals surface area contributed by atoms with Crippen molar-refractivity contribution in [1.82, 2.24) is 15.1 Å². The number of esters is 4. The molecule has 103 heavy (non-hydrogen) atoms. The first-order valence-electron chi connectivity index (χ1n) is 33.4. The number of carbonyl (C=O) groups is 10. The van der Waals surface area contributed by atoms with Crippen LogP contribution in [0.1, 0.15) is 110 Å². The number of hydrogen-bond donors (Lipinski definition) is 4. The third kappa shape index (κ3) is 16.3. The van der Waals surface area contributed by atoms with Gasteiger partial charge in [-0.3, -0.25) is 33.6 Å². The Kier molecular flexibility index (Phi) is 24.5. The fraction of sp³-hybridized carbons (Fsp3) is 0.259. The molecule has 0 radical (unpaired) electrons. The second kappa shape index (κ2) is 33.0. The van der Waals surface area contributed by atoms with Crippen LogP contribution in [0.3, 0.4) is 0 Å². The van der Waals surface area contributed by atoms with Crippen molar-refractivity contribution in [1.29, 1.82) is 0 Å². The lowest BCUT2D eigenvalue weighted by molar-refractivity contribution is -0.172. The summed E-state index contributed by atoms with van der Waals surface area (Å²) >= 11 is 0. The molecule has 2 aliphatic rings. The zero-order chi connectivity index (χ0) is 74.6. The molecule has 2 aliphatic heterocycles. The molecular formula is C81H83N3O17P2. The molecule has 534 valence electrons. The normalized spacial score (nSPS) is 16.3. The number of amides is 3. The highest BCUT2D eigenvalue weighted by molar-refractivity contribution is 7.97. The van der Waals surface area contributed by atoms with Gasteiger partial charge in [-0.1, -0.05) is 206 Å². The molecule has 3 amide bonds. The van der Waals surface area contributed by atoms with Crippen molar-refractivity contribution in [2.45, 2.75) is 92.5 Å². The molecule has 0 unspecified atom stereocenters. The molecule has 8 aromatic carbocycles. The Bertz CT molecular complexity index is 4370. The first kappa shape index (κ1) is 76.6. The minimum atomic E-state index is -3.37. The van der Waals surface area contributed by atoms with E-state index in [0.29, 0.717) is 15.9 Å². The smallest absolute Gasteiger partial charge is 0.358 e. The van der Waals surface area contributed by atoms with Crippen molar-refractivity contribution in [3.8, 4) is 0 Å². The van der Waals surface area contributed by atoms with Gasteiger partial charge in [0.2, 0.25) is 25.4 Å². The van der Waals surface area contributed by atoms with Gasteiger partial charge in [-0.25, -0.2) is 14.4 Å². The van der Waals surface area contributed by atoms with Gasteiger partial charge in [-0.15, -0.1) is 0 Å². The van der Waals surface area contributed by atoms with Gasteiger partial charge in [0.25, 0.3) is 5.91 Å². The lowest BCUT2D eigenvalue weighted by atomic mass is 9.79. The van der Waals surface area contributed by atoms with Crippen LogP contribution in [0.5, 0.6) is 0 Å². The molecule has 2 fully saturated rings. The number of nitrogens with zero attached hydrogens (tertiary/aromatic N) is 2. The number of likely N-dealkylation sites (tertiary alicyclic amines) is 2. The van der Waals surface area contributed by atoms with Crippen molar-refractivity contribution in [3.05, 3.63) is 253 Å². The van der Waals surface area contributed by atoms with Gasteiger partial charge < -0.3 is 49.4 Å². The Morgan fingerprint density at radius 3 is 0.951 bits per heavy atom. The molecule has 10 rings (SSSR count). The summed E-state index contributed by atoms with van der Waals surface area (Å²) in [6.45, 7) is 4.76. The van der Waals surface area contributed by atoms with Crippen LogP contribution in [0, 0.1) is 22.7 Å². The Morgan fingerprint density at radius 2 is 0.689 bits per heavy atom. The number of aliphatic hydroxyl groups excluding tert-OH is 2. The number of benzene rings is 8. The van der Waals surface area contributed by atoms with Gasteiger partial charge in [0.15, 0.2) is 11.6 Å². The van der Waals surface area contributed by atoms with Gasteiger partial charge in [-0.2, -0.15) is 0 Å². The van der Waals surface area contributed by atoms with Gasteiger partial charge >= 0.3 is 29.8 Å². The van der Waals surface area contributed by atoms with E-state index in [1.807, 2.05) is 182 Å². The van der Waals surface area contributed by atoms with Gasteiger partial charge in [0.1, 0.15) is 10.8 Å². The lowest BCUT2D eigenvalue weighted by Gasteiger charge is -2.50. The predicted octanol–water partition coefficient (Wildman–Crippen LogP) is 8.42. The third-order valence-electron chi connectivity index (χ3n) is 17.8. The first-order valence-corrected chi connectivity index (χ1v) is 37.0. The molecule has 0 saturated carbocycles. The van der Waals surface area contributed by atoms with E-state index in [-0.39, 0.29) is 51.8 Å². The van der Waals surface area contributed by atoms with E-state index in [4.69, 9.17) is 18.9 Å². The summed E-state index contributed by atoms with van der Waals surface area (Å²) in [4.78, 5) is 138. The number of aromatic carboxylic acids is 1. The van der Waals surface area contributed by atoms with E-state index in [1.54, 1.807) is 59.7 Å². The van der Waals surface area contributed by atoms with Crippen LogP contribution in [-0.4, -0.2) is 140 Å². The largest absolute Gasteiger partial charge is 0.478 e. The number of carboxylic acid groups (broad SMARTS) is 1. The molecule has 22 heteroatoms. The number of β-lactam (4-membered cyclic amide) rings is 2. The van der Waals surface area contributed by atoms with Crippen molar-refractivity contribution in [2.24, 2.45) is 22.7 Å². The second-order valence-corrected chi connectivity index (χ2v) is 33.5. The molecule has 20 nitrogen and oxygen atoms in total. The summed E-state index contributed by atoms with van der Waals surface area (Å²) in [5, 5.41) is 38.2. The molecule has 0 aromatic heterocycles. The topological polar surface area (TPSA) is 287 Å². The monoisotopic (exact) mass is 1430 g/mol. The molecule has 0 spiro atoms. The maximum absolute atomic E-state index is 14.8. The standard InChI is InChI=1S/C41H43N2O8P.C40H40NO9P/c1-27(44)35-33(25-34(45)28-16-15-17-29(24-28)36(46)42-5)43(37(35)47)38(39(48)50-26-51-40(49)41(2,3)4)52(30-18-9-6-10-19-30,31-20-11-7-12-21-31)32-22-13-8-14-23-32;1-26(42)34-32(24-33(43)27-15-14-16-28(23-27)37(45)46)41(35(34)44)36(38(47)49-25-50-39(48)40(2,3)4)51(29-17-8-5-9-18-29,30-19-10-6-11-20-30)31-21-12-7-13-22-31/h6-24,27,33,35,44H,25-26H2,1-5H3,(H,42,46);5-23,26,32,34,42H,24-25H2,1-4H3,(H,45,46)/t27-,33-,35-;26-,32-,34-/m11/s1. The summed E-state index contributed by atoms with van der Waals surface area (Å²) in [5.74, 6) is -8.75. The number of ether oxygens (including phenoxy) is 4. The number of carbonyl (C=O) groups excluding carboxylic acids is 9. The fourth-order valence-electron chi connectivity index (χ4n) is 12.7. The predicted molar refractivity (Wildman–Crippen MR) is 396 cm³/mol. The van der Waals surface area contributed by atoms with E-state index in [2.05, 4.69) is 5.32 Å². The molecular weight excluding hydrogens is 1350 g/mol. The fourth-order valence-corrected chi connectivity index (χ4v) is 21.5. The lowest BCUT2D eigenvalue weighted by Crippen LogP contribution is -2.68. The van der Waals surface area contributed by atoms with E-state index >= 15 is 0 Å². The summed E-state index contributed by atoms with van der Waals surface area (Å²) in [6, 6.07) is 65.5. The van der Waals surface area contributed by atoms with Crippen LogP contribution in [-0.2, 0) is 47.7 Å². The summed E-state index contributed by atoms with van der Waals surface area (Å²) in [7, 11) is 1.49. The first-order chi connectivity index (χ1) is 49.1. The van der Waals surface area contributed by atoms with Crippen LogP contribution < -0.4 is 37.1 Å². The van der Waals surface area contributed by atoms with Crippen molar-refractivity contribution in [3.63, 3.8) is 0 Å². The van der Waals surface area contributed by atoms with E-state index in [1.165, 1.54) is 61.0 Å². The van der Waals surface area contributed by atoms with Crippen LogP contribution in [0.4, 0.5) is 0 Å². The number of nitrogens with one attached hydrogen (secondary N) is 1. The quantitative estimate of drug-likeness (QED) is 0.0145. The number of hydrogen-bond acceptors (Lipinski definition) is 16. The summed E-state index contributed by atoms with van der Waals surface area (Å²) in [5.41, 5.74) is -1.30. The Hall–Kier alpha value is -10.6. The minimum absolute atomic E-state index is 0.0262. The number of aliphatic hydroxyl groups is 2. The van der Waals surface area contributed by atoms with Crippen molar-refractivity contribution >= 4 is 116 Å². The van der Waals surface area contributed by atoms with Gasteiger partial charge in [-0.05, 0) is 111 Å². The van der Waals surface area contributed by atoms with E-state index in [0.717, 1.165) is 15.9 Å². The Balaban J connectivity index is 0.000000239. The van der Waals surface area contributed by atoms with Crippen LogP contribution in [0.2, 0.25) is 0 Å². The summed E-state index contributed by atoms with van der Waals surface area (Å²) in [6.07, 6.45) is -2.97. The van der Waals surface area contributed by atoms with Gasteiger partial charge in [0, 0.05) is 50.4 Å². The van der Waals surface area contributed by atoms with Crippen molar-refractivity contribution in [2.75, 3.05) is 20.6 Å². The zero-order valence-corrected chi connectivity index (χ0v) is 60.4. The molecule has 0 bridgehead atoms. The van der Waals surface area contributed by atoms with Crippen LogP contribution in [0.15, 0.2) is 231 Å². The molecule has 2 saturated heterocycles. The number of rotatable bonds is 24. The highest BCUT2D eigenvalue weighted by Crippen LogP contribution is 2.52. The van der Waals surface area contributed by atoms with Crippen LogP contribution >= 0.6 is 13.8 Å². The SMILES string of the molecule is CNC(=O)c1cccc(C(=O)C[C@@H]2[C@@H]([C@@H](C)O)C(=O)N2C(C(=O)OCOC(=O)C(C)(C)C)=P(c2ccccc2)(c2ccccc2)c2ccccc2)c1.C[C@@H](O)[C@H]1C(=O)N(C(C(=O)OCOC(=O)C(C)(C)C)=P(c2ccccc2)(c2ccccc2)c2ccccc2)[C@@H]1CC(=O)c1cccc(C(=O)O)c1. The van der Waals surface area contributed by atoms with Crippen molar-refractivity contribution < 1.29 is 82.2 Å². The highest BCUT2D eigenvalue weighted by Gasteiger charge is 2.58. The number of carboxylic acids is 1. The number of Topliss-reactive ketones (excluding diaryl/α,β-unsaturated/α-hetero) is 2. The zero-order valence-electron chi connectivity index (χ0n) is 58.6. The molecule has 8 aromatic rings. The third-order valence-corrected chi connectivity index (χ3v) is 26.3. The van der Waals surface area contributed by atoms with Gasteiger partial charge in [0.05, 0.1) is 52.5 Å². The number of ketones is 2. The maximum atomic E-state index is 14.8.